The highest BCUT2D eigenvalue weighted by molar-refractivity contribution is 8.19. The summed E-state index contributed by atoms with van der Waals surface area (Å²) in [5.74, 6) is -0.0621. The molecule has 0 saturated carbocycles. The number of thioether (sulfide) groups is 1. The molecular formula is C19H14FN3O2S2. The van der Waals surface area contributed by atoms with E-state index in [4.69, 9.17) is 9.83 Å². The fraction of sp³-hybridized carbons (Fsp3) is 0.158. The van der Waals surface area contributed by atoms with E-state index in [1.165, 1.54) is 23.5 Å². The Bertz CT molecular complexity index is 1050. The summed E-state index contributed by atoms with van der Waals surface area (Å²) in [7, 11) is 0. The van der Waals surface area contributed by atoms with Gasteiger partial charge in [-0.05, 0) is 48.9 Å². The van der Waals surface area contributed by atoms with Crippen molar-refractivity contribution in [3.63, 3.8) is 0 Å². The van der Waals surface area contributed by atoms with Gasteiger partial charge in [-0.3, -0.25) is 10.2 Å². The molecule has 0 unspecified atom stereocenters. The molecular weight excluding hydrogens is 385 g/mol. The number of aryl methyl sites for hydroxylation is 1. The van der Waals surface area contributed by atoms with Crippen LogP contribution in [-0.4, -0.2) is 21.0 Å². The highest BCUT2D eigenvalue weighted by atomic mass is 32.2. The third-order valence-corrected chi connectivity index (χ3v) is 6.17. The van der Waals surface area contributed by atoms with Crippen LogP contribution < -0.4 is 0 Å². The maximum absolute atomic E-state index is 13.0. The monoisotopic (exact) mass is 399 g/mol. The fourth-order valence-electron chi connectivity index (χ4n) is 2.67. The molecule has 1 aliphatic heterocycles. The molecule has 2 aromatic heterocycles. The third-order valence-electron chi connectivity index (χ3n) is 4.05. The molecule has 8 heteroatoms. The number of aromatic nitrogens is 2. The Kier molecular flexibility index (Phi) is 4.75. The first-order valence-electron chi connectivity index (χ1n) is 8.25. The van der Waals surface area contributed by atoms with Gasteiger partial charge in [0.25, 0.3) is 0 Å². The SMILES string of the molecule is CCc1nnc([C@H]2C(=N)S/C(=C\c3ccc(-c4ccc(F)cc4)o3)C2=O)s1. The molecule has 1 aromatic carbocycles. The number of hydrogen-bond donors (Lipinski definition) is 1. The van der Waals surface area contributed by atoms with Crippen molar-refractivity contribution >= 4 is 40.0 Å². The number of ketones is 1. The van der Waals surface area contributed by atoms with Crippen LogP contribution in [0.2, 0.25) is 0 Å². The van der Waals surface area contributed by atoms with Gasteiger partial charge in [0.15, 0.2) is 5.78 Å². The second-order valence-electron chi connectivity index (χ2n) is 5.87. The van der Waals surface area contributed by atoms with Crippen LogP contribution in [-0.2, 0) is 11.2 Å². The summed E-state index contributed by atoms with van der Waals surface area (Å²) in [5, 5.41) is 17.9. The Morgan fingerprint density at radius 1 is 1.22 bits per heavy atom. The minimum atomic E-state index is -0.675. The van der Waals surface area contributed by atoms with Crippen LogP contribution in [0.15, 0.2) is 45.7 Å². The normalized spacial score (nSPS) is 18.6. The zero-order valence-corrected chi connectivity index (χ0v) is 15.9. The first-order chi connectivity index (χ1) is 13.0. The number of carbonyl (C=O) groups is 1. The highest BCUT2D eigenvalue weighted by Gasteiger charge is 2.39. The van der Waals surface area contributed by atoms with Crippen molar-refractivity contribution in [2.45, 2.75) is 19.3 Å². The summed E-state index contributed by atoms with van der Waals surface area (Å²) in [6.45, 7) is 1.97. The number of nitrogens with one attached hydrogen (secondary N) is 1. The molecule has 0 aliphatic carbocycles. The van der Waals surface area contributed by atoms with E-state index < -0.39 is 5.92 Å². The second-order valence-corrected chi connectivity index (χ2v) is 8.05. The predicted octanol–water partition coefficient (Wildman–Crippen LogP) is 4.92. The van der Waals surface area contributed by atoms with Gasteiger partial charge in [-0.2, -0.15) is 0 Å². The number of allylic oxidation sites excluding steroid dienone is 1. The predicted molar refractivity (Wildman–Crippen MR) is 104 cm³/mol. The lowest BCUT2D eigenvalue weighted by atomic mass is 10.1. The molecule has 4 rings (SSSR count). The maximum Gasteiger partial charge on any atom is 0.186 e. The van der Waals surface area contributed by atoms with E-state index in [0.29, 0.717) is 21.4 Å². The highest BCUT2D eigenvalue weighted by Crippen LogP contribution is 2.41. The van der Waals surface area contributed by atoms with Crippen molar-refractivity contribution < 1.29 is 13.6 Å². The van der Waals surface area contributed by atoms with Gasteiger partial charge in [0.05, 0.1) is 9.95 Å². The number of rotatable bonds is 4. The molecule has 1 fully saturated rings. The van der Waals surface area contributed by atoms with E-state index in [1.807, 2.05) is 6.92 Å². The first-order valence-corrected chi connectivity index (χ1v) is 9.88. The molecule has 0 spiro atoms. The Morgan fingerprint density at radius 2 is 2.00 bits per heavy atom. The lowest BCUT2D eigenvalue weighted by Gasteiger charge is -2.00. The van der Waals surface area contributed by atoms with Crippen molar-refractivity contribution in [1.29, 1.82) is 5.41 Å². The Hall–Kier alpha value is -2.58. The van der Waals surface area contributed by atoms with Crippen LogP contribution in [0.3, 0.4) is 0 Å². The molecule has 3 heterocycles. The molecule has 136 valence electrons. The summed E-state index contributed by atoms with van der Waals surface area (Å²) in [5.41, 5.74) is 0.748. The summed E-state index contributed by atoms with van der Waals surface area (Å²) in [6, 6.07) is 9.51. The molecule has 1 saturated heterocycles. The molecule has 0 radical (unpaired) electrons. The number of Topliss-reactive ketones (excluding diaryl/α,β-unsaturated/α-hetero) is 1. The van der Waals surface area contributed by atoms with Gasteiger partial charge in [0.1, 0.15) is 33.3 Å². The molecule has 3 aromatic rings. The number of hydrogen-bond acceptors (Lipinski definition) is 7. The number of nitrogens with zero attached hydrogens (tertiary/aromatic N) is 2. The van der Waals surface area contributed by atoms with Crippen LogP contribution in [0, 0.1) is 11.2 Å². The quantitative estimate of drug-likeness (QED) is 0.630. The van der Waals surface area contributed by atoms with Gasteiger partial charge in [-0.1, -0.05) is 18.7 Å². The van der Waals surface area contributed by atoms with Crippen LogP contribution in [0.5, 0.6) is 0 Å². The fourth-order valence-corrected chi connectivity index (χ4v) is 4.60. The number of benzene rings is 1. The van der Waals surface area contributed by atoms with Crippen LogP contribution in [0.25, 0.3) is 17.4 Å². The number of furan rings is 1. The van der Waals surface area contributed by atoms with Crippen molar-refractivity contribution in [3.8, 4) is 11.3 Å². The second kappa shape index (κ2) is 7.21. The summed E-state index contributed by atoms with van der Waals surface area (Å²) in [6.07, 6.45) is 2.39. The zero-order valence-electron chi connectivity index (χ0n) is 14.2. The van der Waals surface area contributed by atoms with Crippen molar-refractivity contribution in [3.05, 3.63) is 62.9 Å². The van der Waals surface area contributed by atoms with Gasteiger partial charge < -0.3 is 4.42 Å². The van der Waals surface area contributed by atoms with E-state index in [1.54, 1.807) is 30.3 Å². The van der Waals surface area contributed by atoms with Crippen molar-refractivity contribution in [2.75, 3.05) is 0 Å². The summed E-state index contributed by atoms with van der Waals surface area (Å²) in [4.78, 5) is 13.2. The van der Waals surface area contributed by atoms with Gasteiger partial charge in [0.2, 0.25) is 0 Å². The molecule has 5 nitrogen and oxygen atoms in total. The Labute approximate surface area is 162 Å². The molecule has 0 bridgehead atoms. The van der Waals surface area contributed by atoms with Gasteiger partial charge in [0, 0.05) is 5.56 Å². The smallest absolute Gasteiger partial charge is 0.186 e. The lowest BCUT2D eigenvalue weighted by Crippen LogP contribution is -2.11. The van der Waals surface area contributed by atoms with Gasteiger partial charge >= 0.3 is 0 Å². The maximum atomic E-state index is 13.0. The average molecular weight is 399 g/mol. The first kappa shape index (κ1) is 17.8. The van der Waals surface area contributed by atoms with E-state index >= 15 is 0 Å². The minimum Gasteiger partial charge on any atom is -0.457 e. The van der Waals surface area contributed by atoms with Gasteiger partial charge in [-0.25, -0.2) is 4.39 Å². The van der Waals surface area contributed by atoms with Crippen LogP contribution >= 0.6 is 23.1 Å². The number of halogens is 1. The van der Waals surface area contributed by atoms with E-state index in [-0.39, 0.29) is 16.6 Å². The molecule has 1 N–H and O–H groups in total. The van der Waals surface area contributed by atoms with Crippen LogP contribution in [0.4, 0.5) is 4.39 Å². The molecule has 1 aliphatic rings. The largest absolute Gasteiger partial charge is 0.457 e. The lowest BCUT2D eigenvalue weighted by molar-refractivity contribution is -0.114. The standard InChI is InChI=1S/C19H14FN3O2S2/c1-2-15-22-23-19(27-15)16-17(24)14(26-18(16)21)9-12-7-8-13(25-12)10-3-5-11(20)6-4-10/h3-9,16,21H,2H2,1H3/b14-9-,21-18?/t16-/m1/s1. The van der Waals surface area contributed by atoms with Gasteiger partial charge in [-0.15, -0.1) is 21.5 Å². The van der Waals surface area contributed by atoms with E-state index in [2.05, 4.69) is 10.2 Å². The van der Waals surface area contributed by atoms with E-state index in [9.17, 15) is 9.18 Å². The van der Waals surface area contributed by atoms with Crippen molar-refractivity contribution in [1.82, 2.24) is 10.2 Å². The van der Waals surface area contributed by atoms with Crippen LogP contribution in [0.1, 0.15) is 28.6 Å². The minimum absolute atomic E-state index is 0.163. The number of carbonyl (C=O) groups excluding carboxylic acids is 1. The summed E-state index contributed by atoms with van der Waals surface area (Å²) < 4.78 is 18.8. The molecule has 27 heavy (non-hydrogen) atoms. The van der Waals surface area contributed by atoms with E-state index in [0.717, 1.165) is 28.8 Å². The zero-order chi connectivity index (χ0) is 19.0. The third kappa shape index (κ3) is 3.50. The Morgan fingerprint density at radius 3 is 2.70 bits per heavy atom. The topological polar surface area (TPSA) is 79.8 Å². The summed E-state index contributed by atoms with van der Waals surface area (Å²) >= 11 is 2.49. The molecule has 0 amide bonds. The Balaban J connectivity index is 1.58. The average Bonchev–Trinajstić information content (AvgIpc) is 3.36. The molecule has 1 atom stereocenters. The van der Waals surface area contributed by atoms with Crippen molar-refractivity contribution in [2.24, 2.45) is 0 Å².